The molecule has 0 saturated heterocycles. The van der Waals surface area contributed by atoms with Crippen LogP contribution in [0.15, 0.2) is 54.6 Å². The normalized spacial score (nSPS) is 11.9. The average Bonchev–Trinajstić information content (AvgIpc) is 2.40. The van der Waals surface area contributed by atoms with Crippen molar-refractivity contribution in [3.8, 4) is 5.75 Å². The summed E-state index contributed by atoms with van der Waals surface area (Å²) in [5, 5.41) is 0. The van der Waals surface area contributed by atoms with E-state index < -0.39 is 6.10 Å². The van der Waals surface area contributed by atoms with Crippen LogP contribution in [0.2, 0.25) is 0 Å². The molecule has 0 radical (unpaired) electrons. The molecule has 0 aliphatic heterocycles. The van der Waals surface area contributed by atoms with Crippen molar-refractivity contribution < 1.29 is 9.53 Å². The van der Waals surface area contributed by atoms with Gasteiger partial charge >= 0.3 is 0 Å². The van der Waals surface area contributed by atoms with Gasteiger partial charge < -0.3 is 4.74 Å². The van der Waals surface area contributed by atoms with Crippen molar-refractivity contribution in [2.24, 2.45) is 0 Å². The fraction of sp³-hybridized carbons (Fsp3) is 0.188. The minimum Gasteiger partial charge on any atom is -0.483 e. The van der Waals surface area contributed by atoms with Crippen molar-refractivity contribution in [2.45, 2.75) is 20.0 Å². The maximum Gasteiger partial charge on any atom is 0.202 e. The van der Waals surface area contributed by atoms with Crippen molar-refractivity contribution in [3.63, 3.8) is 0 Å². The second kappa shape index (κ2) is 5.50. The Balaban J connectivity index is 2.07. The predicted octanol–water partition coefficient (Wildman–Crippen LogP) is 3.65. The van der Waals surface area contributed by atoms with Gasteiger partial charge in [-0.05, 0) is 26.0 Å². The first-order valence-electron chi connectivity index (χ1n) is 5.99. The van der Waals surface area contributed by atoms with E-state index in [4.69, 9.17) is 4.74 Å². The molecule has 0 bridgehead atoms. The van der Waals surface area contributed by atoms with Gasteiger partial charge in [0, 0.05) is 5.56 Å². The molecule has 2 aromatic rings. The second-order valence-electron chi connectivity index (χ2n) is 4.30. The van der Waals surface area contributed by atoms with Gasteiger partial charge in [0.1, 0.15) is 5.75 Å². The summed E-state index contributed by atoms with van der Waals surface area (Å²) in [6, 6.07) is 16.9. The maximum atomic E-state index is 12.1. The Labute approximate surface area is 107 Å². The highest BCUT2D eigenvalue weighted by Gasteiger charge is 2.16. The van der Waals surface area contributed by atoms with Crippen LogP contribution in [0.4, 0.5) is 0 Å². The zero-order chi connectivity index (χ0) is 13.0. The van der Waals surface area contributed by atoms with Crippen molar-refractivity contribution in [3.05, 3.63) is 65.7 Å². The fourth-order valence-electron chi connectivity index (χ4n) is 1.71. The average molecular weight is 240 g/mol. The summed E-state index contributed by atoms with van der Waals surface area (Å²) in [4.78, 5) is 12.1. The van der Waals surface area contributed by atoms with E-state index in [1.807, 2.05) is 61.5 Å². The quantitative estimate of drug-likeness (QED) is 0.762. The lowest BCUT2D eigenvalue weighted by Crippen LogP contribution is -2.23. The summed E-state index contributed by atoms with van der Waals surface area (Å²) in [7, 11) is 0. The molecule has 18 heavy (non-hydrogen) atoms. The first kappa shape index (κ1) is 12.4. The van der Waals surface area contributed by atoms with E-state index in [0.717, 1.165) is 5.56 Å². The van der Waals surface area contributed by atoms with Gasteiger partial charge in [-0.25, -0.2) is 0 Å². The van der Waals surface area contributed by atoms with Crippen LogP contribution in [0.3, 0.4) is 0 Å². The van der Waals surface area contributed by atoms with E-state index in [2.05, 4.69) is 0 Å². The van der Waals surface area contributed by atoms with Crippen LogP contribution >= 0.6 is 0 Å². The Morgan fingerprint density at radius 3 is 2.22 bits per heavy atom. The van der Waals surface area contributed by atoms with Gasteiger partial charge in [-0.3, -0.25) is 4.79 Å². The largest absolute Gasteiger partial charge is 0.483 e. The third-order valence-electron chi connectivity index (χ3n) is 2.76. The number of carbonyl (C=O) groups is 1. The van der Waals surface area contributed by atoms with Crippen LogP contribution in [-0.4, -0.2) is 11.9 Å². The van der Waals surface area contributed by atoms with Crippen molar-refractivity contribution in [2.75, 3.05) is 0 Å². The van der Waals surface area contributed by atoms with Gasteiger partial charge in [0.2, 0.25) is 5.78 Å². The lowest BCUT2D eigenvalue weighted by Gasteiger charge is -2.13. The molecule has 1 unspecified atom stereocenters. The van der Waals surface area contributed by atoms with Crippen LogP contribution in [0.25, 0.3) is 0 Å². The van der Waals surface area contributed by atoms with Gasteiger partial charge in [-0.1, -0.05) is 48.0 Å². The third kappa shape index (κ3) is 2.98. The summed E-state index contributed by atoms with van der Waals surface area (Å²) in [6.45, 7) is 3.77. The van der Waals surface area contributed by atoms with Crippen molar-refractivity contribution in [1.82, 2.24) is 0 Å². The molecule has 0 aromatic heterocycles. The first-order valence-corrected chi connectivity index (χ1v) is 5.99. The highest BCUT2D eigenvalue weighted by molar-refractivity contribution is 5.99. The molecule has 0 heterocycles. The van der Waals surface area contributed by atoms with Gasteiger partial charge in [-0.2, -0.15) is 0 Å². The van der Waals surface area contributed by atoms with E-state index in [-0.39, 0.29) is 5.78 Å². The van der Waals surface area contributed by atoms with E-state index in [1.165, 1.54) is 0 Å². The predicted molar refractivity (Wildman–Crippen MR) is 72.0 cm³/mol. The molecule has 0 aliphatic rings. The summed E-state index contributed by atoms with van der Waals surface area (Å²) >= 11 is 0. The summed E-state index contributed by atoms with van der Waals surface area (Å²) < 4.78 is 5.61. The summed E-state index contributed by atoms with van der Waals surface area (Å²) in [6.07, 6.45) is -0.477. The molecule has 0 fully saturated rings. The number of ketones is 1. The summed E-state index contributed by atoms with van der Waals surface area (Å²) in [5.74, 6) is 0.712. The molecule has 2 heteroatoms. The van der Waals surface area contributed by atoms with Crippen LogP contribution in [-0.2, 0) is 0 Å². The van der Waals surface area contributed by atoms with E-state index in [1.54, 1.807) is 6.92 Å². The zero-order valence-electron chi connectivity index (χ0n) is 10.6. The number of para-hydroxylation sites is 1. The van der Waals surface area contributed by atoms with E-state index >= 15 is 0 Å². The molecule has 0 spiro atoms. The lowest BCUT2D eigenvalue weighted by atomic mass is 10.1. The smallest absolute Gasteiger partial charge is 0.202 e. The Hall–Kier alpha value is -2.09. The number of hydrogen-bond acceptors (Lipinski definition) is 2. The van der Waals surface area contributed by atoms with Gasteiger partial charge in [0.05, 0.1) is 0 Å². The molecule has 2 nitrogen and oxygen atoms in total. The fourth-order valence-corrected chi connectivity index (χ4v) is 1.71. The zero-order valence-corrected chi connectivity index (χ0v) is 10.6. The lowest BCUT2D eigenvalue weighted by molar-refractivity contribution is 0.0818. The number of Topliss-reactive ketones (excluding diaryl/α,β-unsaturated/α-hetero) is 1. The summed E-state index contributed by atoms with van der Waals surface area (Å²) in [5.41, 5.74) is 1.83. The Kier molecular flexibility index (Phi) is 3.78. The third-order valence-corrected chi connectivity index (χ3v) is 2.76. The van der Waals surface area contributed by atoms with Gasteiger partial charge in [-0.15, -0.1) is 0 Å². The molecule has 1 atom stereocenters. The Morgan fingerprint density at radius 1 is 1.00 bits per heavy atom. The minimum absolute atomic E-state index is 0.00106. The van der Waals surface area contributed by atoms with E-state index in [9.17, 15) is 4.79 Å². The molecule has 2 rings (SSSR count). The second-order valence-corrected chi connectivity index (χ2v) is 4.30. The Bertz CT molecular complexity index is 515. The molecule has 0 aliphatic carbocycles. The SMILES string of the molecule is Cc1ccc(C(=O)C(C)Oc2ccccc2)cc1. The minimum atomic E-state index is -0.477. The maximum absolute atomic E-state index is 12.1. The standard InChI is InChI=1S/C16H16O2/c1-12-8-10-14(11-9-12)16(17)13(2)18-15-6-4-3-5-7-15/h3-11,13H,1-2H3. The van der Waals surface area contributed by atoms with Gasteiger partial charge in [0.25, 0.3) is 0 Å². The molecule has 0 amide bonds. The molecular formula is C16H16O2. The highest BCUT2D eigenvalue weighted by atomic mass is 16.5. The molecule has 0 N–H and O–H groups in total. The Morgan fingerprint density at radius 2 is 1.61 bits per heavy atom. The molecular weight excluding hydrogens is 224 g/mol. The van der Waals surface area contributed by atoms with Crippen LogP contribution < -0.4 is 4.74 Å². The van der Waals surface area contributed by atoms with Crippen molar-refractivity contribution in [1.29, 1.82) is 0 Å². The molecule has 2 aromatic carbocycles. The monoisotopic (exact) mass is 240 g/mol. The number of hydrogen-bond donors (Lipinski definition) is 0. The highest BCUT2D eigenvalue weighted by Crippen LogP contribution is 2.14. The van der Waals surface area contributed by atoms with E-state index in [0.29, 0.717) is 11.3 Å². The first-order chi connectivity index (χ1) is 8.66. The number of rotatable bonds is 4. The topological polar surface area (TPSA) is 26.3 Å². The van der Waals surface area contributed by atoms with Crippen molar-refractivity contribution >= 4 is 5.78 Å². The van der Waals surface area contributed by atoms with Crippen LogP contribution in [0.5, 0.6) is 5.75 Å². The number of ether oxygens (including phenoxy) is 1. The van der Waals surface area contributed by atoms with Crippen LogP contribution in [0.1, 0.15) is 22.8 Å². The molecule has 0 saturated carbocycles. The number of benzene rings is 2. The number of aryl methyl sites for hydroxylation is 1. The molecule has 92 valence electrons. The van der Waals surface area contributed by atoms with Gasteiger partial charge in [0.15, 0.2) is 6.10 Å². The number of carbonyl (C=O) groups excluding carboxylic acids is 1. The van der Waals surface area contributed by atoms with Crippen LogP contribution in [0, 0.1) is 6.92 Å².